The van der Waals surface area contributed by atoms with Crippen LogP contribution in [0.2, 0.25) is 0 Å². The predicted octanol–water partition coefficient (Wildman–Crippen LogP) is 7.62. The minimum Gasteiger partial charge on any atom is -0.452 e. The van der Waals surface area contributed by atoms with Crippen molar-refractivity contribution in [3.8, 4) is 11.6 Å². The van der Waals surface area contributed by atoms with Crippen molar-refractivity contribution in [3.63, 3.8) is 0 Å². The van der Waals surface area contributed by atoms with Gasteiger partial charge in [-0.15, -0.1) is 5.10 Å². The highest BCUT2D eigenvalue weighted by Gasteiger charge is 2.11. The lowest BCUT2D eigenvalue weighted by Gasteiger charge is -2.07. The summed E-state index contributed by atoms with van der Waals surface area (Å²) < 4.78 is 5.73. The number of benzene rings is 2. The molecule has 2 N–H and O–H groups in total. The normalized spacial score (nSPS) is 11.2. The zero-order valence-electron chi connectivity index (χ0n) is 23.4. The van der Waals surface area contributed by atoms with E-state index in [-0.39, 0.29) is 22.9 Å². The first-order valence-corrected chi connectivity index (χ1v) is 14.8. The number of aromatic amines is 1. The molecule has 0 fully saturated rings. The zero-order chi connectivity index (χ0) is 27.8. The summed E-state index contributed by atoms with van der Waals surface area (Å²) in [6.07, 6.45) is 18.1. The molecule has 2 heterocycles. The van der Waals surface area contributed by atoms with Gasteiger partial charge in [0.05, 0.1) is 5.39 Å². The van der Waals surface area contributed by atoms with E-state index in [1.165, 1.54) is 88.7 Å². The first-order valence-electron chi connectivity index (χ1n) is 14.8. The maximum absolute atomic E-state index is 12.5. The van der Waals surface area contributed by atoms with E-state index in [4.69, 9.17) is 4.42 Å². The number of hydrogen-bond donors (Lipinski definition) is 2. The van der Waals surface area contributed by atoms with Crippen molar-refractivity contribution in [3.05, 3.63) is 70.4 Å². The summed E-state index contributed by atoms with van der Waals surface area (Å²) in [7, 11) is 0. The molecule has 0 unspecified atom stereocenters. The number of aromatic nitrogens is 4. The number of amides is 1. The van der Waals surface area contributed by atoms with Crippen LogP contribution < -0.4 is 10.7 Å². The standard InChI is InChI=1S/C32H41N5O3/c38-28-24-30(32-34-36-37-35-32)40-29-22-21-26(23-27(28)29)33-31(39)20-16-11-9-7-5-3-1-2-4-6-8-10-13-17-25-18-14-12-15-19-25/h12,14-15,18-19,21-24H,1-11,13,16-17,20H2,(H,33,39)(H,34,35,36,37). The number of nitrogens with zero attached hydrogens (tertiary/aromatic N) is 3. The molecule has 0 saturated heterocycles. The average Bonchev–Trinajstić information content (AvgIpc) is 3.51. The SMILES string of the molecule is O=C(CCCCCCCCCCCCCCCc1ccccc1)Nc1ccc2oc(-c3nnn[nH]3)cc(=O)c2c1. The van der Waals surface area contributed by atoms with Gasteiger partial charge < -0.3 is 9.73 Å². The van der Waals surface area contributed by atoms with Crippen LogP contribution in [0.5, 0.6) is 0 Å². The van der Waals surface area contributed by atoms with E-state index in [0.717, 1.165) is 12.8 Å². The molecule has 4 aromatic rings. The zero-order valence-corrected chi connectivity index (χ0v) is 23.4. The van der Waals surface area contributed by atoms with Crippen LogP contribution in [0.25, 0.3) is 22.6 Å². The number of carbonyl (C=O) groups is 1. The quantitative estimate of drug-likeness (QED) is 0.125. The maximum atomic E-state index is 12.5. The molecule has 0 spiro atoms. The van der Waals surface area contributed by atoms with Crippen LogP contribution in [-0.4, -0.2) is 26.5 Å². The largest absolute Gasteiger partial charge is 0.452 e. The Labute approximate surface area is 236 Å². The fourth-order valence-electron chi connectivity index (χ4n) is 5.04. The fraction of sp³-hybridized carbons (Fsp3) is 0.469. The molecule has 0 bridgehead atoms. The van der Waals surface area contributed by atoms with Crippen molar-refractivity contribution in [1.82, 2.24) is 20.6 Å². The molecule has 2 aromatic heterocycles. The second-order valence-electron chi connectivity index (χ2n) is 10.6. The first kappa shape index (κ1) is 29.2. The predicted molar refractivity (Wildman–Crippen MR) is 159 cm³/mol. The first-order chi connectivity index (χ1) is 19.7. The highest BCUT2D eigenvalue weighted by molar-refractivity contribution is 5.93. The van der Waals surface area contributed by atoms with Crippen LogP contribution in [0.4, 0.5) is 5.69 Å². The molecular weight excluding hydrogens is 502 g/mol. The molecule has 212 valence electrons. The van der Waals surface area contributed by atoms with Crippen molar-refractivity contribution < 1.29 is 9.21 Å². The summed E-state index contributed by atoms with van der Waals surface area (Å²) in [5, 5.41) is 16.6. The molecule has 0 radical (unpaired) electrons. The summed E-state index contributed by atoms with van der Waals surface area (Å²) in [5.41, 5.74) is 2.23. The van der Waals surface area contributed by atoms with Crippen molar-refractivity contribution in [2.45, 2.75) is 96.3 Å². The molecule has 0 aliphatic carbocycles. The number of unbranched alkanes of at least 4 members (excludes halogenated alkanes) is 12. The third-order valence-corrected chi connectivity index (χ3v) is 7.30. The molecule has 0 aliphatic rings. The van der Waals surface area contributed by atoms with Crippen LogP contribution in [0.3, 0.4) is 0 Å². The van der Waals surface area contributed by atoms with Gasteiger partial charge in [0.2, 0.25) is 11.7 Å². The number of H-pyrrole nitrogens is 1. The lowest BCUT2D eigenvalue weighted by atomic mass is 10.0. The number of nitrogens with one attached hydrogen (secondary N) is 2. The molecule has 0 atom stereocenters. The summed E-state index contributed by atoms with van der Waals surface area (Å²) in [5.74, 6) is 0.515. The van der Waals surface area contributed by atoms with Crippen molar-refractivity contribution in [1.29, 1.82) is 0 Å². The summed E-state index contributed by atoms with van der Waals surface area (Å²) >= 11 is 0. The Balaban J connectivity index is 0.992. The van der Waals surface area contributed by atoms with Crippen LogP contribution >= 0.6 is 0 Å². The number of fused-ring (bicyclic) bond motifs is 1. The number of aryl methyl sites for hydroxylation is 1. The van der Waals surface area contributed by atoms with Crippen molar-refractivity contribution >= 4 is 22.6 Å². The van der Waals surface area contributed by atoms with Gasteiger partial charge in [-0.2, -0.15) is 0 Å². The number of hydrogen-bond acceptors (Lipinski definition) is 6. The maximum Gasteiger partial charge on any atom is 0.224 e. The van der Waals surface area contributed by atoms with Gasteiger partial charge in [-0.1, -0.05) is 101 Å². The number of rotatable bonds is 18. The Bertz CT molecular complexity index is 1350. The molecule has 0 aliphatic heterocycles. The molecule has 8 nitrogen and oxygen atoms in total. The second kappa shape index (κ2) is 16.3. The minimum atomic E-state index is -0.224. The highest BCUT2D eigenvalue weighted by atomic mass is 16.3. The van der Waals surface area contributed by atoms with Gasteiger partial charge in [0.1, 0.15) is 5.58 Å². The topological polar surface area (TPSA) is 114 Å². The van der Waals surface area contributed by atoms with Gasteiger partial charge in [0.15, 0.2) is 11.2 Å². The third-order valence-electron chi connectivity index (χ3n) is 7.30. The Morgan fingerprint density at radius 1 is 0.775 bits per heavy atom. The van der Waals surface area contributed by atoms with Gasteiger partial charge in [-0.05, 0) is 53.5 Å². The smallest absolute Gasteiger partial charge is 0.224 e. The number of anilines is 1. The van der Waals surface area contributed by atoms with E-state index in [2.05, 4.69) is 56.3 Å². The van der Waals surface area contributed by atoms with E-state index < -0.39 is 0 Å². The van der Waals surface area contributed by atoms with E-state index >= 15 is 0 Å². The lowest BCUT2D eigenvalue weighted by Crippen LogP contribution is -2.11. The monoisotopic (exact) mass is 543 g/mol. The van der Waals surface area contributed by atoms with Gasteiger partial charge in [-0.25, -0.2) is 5.10 Å². The van der Waals surface area contributed by atoms with Crippen LogP contribution in [0.1, 0.15) is 95.5 Å². The lowest BCUT2D eigenvalue weighted by molar-refractivity contribution is -0.116. The Kier molecular flexibility index (Phi) is 11.9. The van der Waals surface area contributed by atoms with Crippen LogP contribution in [-0.2, 0) is 11.2 Å². The molecular formula is C32H41N5O3. The molecule has 4 rings (SSSR count). The van der Waals surface area contributed by atoms with Crippen LogP contribution in [0, 0.1) is 0 Å². The fourth-order valence-corrected chi connectivity index (χ4v) is 5.04. The van der Waals surface area contributed by atoms with E-state index in [0.29, 0.717) is 23.1 Å². The molecule has 1 amide bonds. The molecule has 8 heteroatoms. The minimum absolute atomic E-state index is 0.0341. The van der Waals surface area contributed by atoms with Gasteiger partial charge in [0, 0.05) is 18.2 Å². The molecule has 0 saturated carbocycles. The Morgan fingerprint density at radius 3 is 2.08 bits per heavy atom. The van der Waals surface area contributed by atoms with Crippen molar-refractivity contribution in [2.75, 3.05) is 5.32 Å². The average molecular weight is 544 g/mol. The third kappa shape index (κ3) is 9.74. The van der Waals surface area contributed by atoms with Crippen LogP contribution in [0.15, 0.2) is 63.8 Å². The Morgan fingerprint density at radius 2 is 1.43 bits per heavy atom. The number of carbonyl (C=O) groups excluding carboxylic acids is 1. The van der Waals surface area contributed by atoms with Gasteiger partial charge in [0.25, 0.3) is 0 Å². The van der Waals surface area contributed by atoms with Crippen molar-refractivity contribution in [2.24, 2.45) is 0 Å². The van der Waals surface area contributed by atoms with E-state index in [9.17, 15) is 9.59 Å². The summed E-state index contributed by atoms with van der Waals surface area (Å²) in [4.78, 5) is 24.9. The van der Waals surface area contributed by atoms with Gasteiger partial charge >= 0.3 is 0 Å². The highest BCUT2D eigenvalue weighted by Crippen LogP contribution is 2.22. The molecule has 2 aromatic carbocycles. The summed E-state index contributed by atoms with van der Waals surface area (Å²) in [6.45, 7) is 0. The molecule has 40 heavy (non-hydrogen) atoms. The van der Waals surface area contributed by atoms with E-state index in [1.54, 1.807) is 18.2 Å². The summed E-state index contributed by atoms with van der Waals surface area (Å²) in [6, 6.07) is 17.2. The number of tetrazole rings is 1. The van der Waals surface area contributed by atoms with E-state index in [1.807, 2.05) is 0 Å². The second-order valence-corrected chi connectivity index (χ2v) is 10.6. The Hall–Kier alpha value is -3.81. The van der Waals surface area contributed by atoms with Gasteiger partial charge in [-0.3, -0.25) is 9.59 Å².